The molecule has 3 nitrogen and oxygen atoms in total. The molecule has 2 atom stereocenters. The quantitative estimate of drug-likeness (QED) is 0.843. The topological polar surface area (TPSA) is 34.2 Å². The summed E-state index contributed by atoms with van der Waals surface area (Å²) in [5, 5.41) is 7.30. The molecule has 0 radical (unpaired) electrons. The van der Waals surface area contributed by atoms with E-state index in [0.29, 0.717) is 18.1 Å². The molecule has 0 saturated carbocycles. The van der Waals surface area contributed by atoms with Crippen molar-refractivity contribution in [3.8, 4) is 0 Å². The highest BCUT2D eigenvalue weighted by Gasteiger charge is 2.41. The van der Waals surface area contributed by atoms with E-state index in [9.17, 15) is 0 Å². The van der Waals surface area contributed by atoms with Gasteiger partial charge in [0.2, 0.25) is 0 Å². The Labute approximate surface area is 133 Å². The van der Waals surface area contributed by atoms with Gasteiger partial charge in [0.05, 0.1) is 17.3 Å². The normalized spacial score (nSPS) is 26.7. The molecule has 2 rings (SSSR count). The van der Waals surface area contributed by atoms with E-state index in [1.54, 1.807) is 0 Å². The fourth-order valence-corrected chi connectivity index (χ4v) is 4.35. The maximum absolute atomic E-state index is 5.97. The van der Waals surface area contributed by atoms with Crippen molar-refractivity contribution in [1.82, 2.24) is 10.3 Å². The third-order valence-corrected chi connectivity index (χ3v) is 5.22. The average molecular weight is 311 g/mol. The number of ether oxygens (including phenoxy) is 1. The van der Waals surface area contributed by atoms with Gasteiger partial charge < -0.3 is 10.1 Å². The van der Waals surface area contributed by atoms with Crippen LogP contribution >= 0.6 is 11.3 Å². The Morgan fingerprint density at radius 3 is 2.76 bits per heavy atom. The minimum Gasteiger partial charge on any atom is -0.378 e. The monoisotopic (exact) mass is 310 g/mol. The molecule has 1 aromatic rings. The highest BCUT2D eigenvalue weighted by atomic mass is 32.1. The molecule has 4 heteroatoms. The van der Waals surface area contributed by atoms with Crippen LogP contribution in [0.3, 0.4) is 0 Å². The van der Waals surface area contributed by atoms with Crippen LogP contribution in [0.5, 0.6) is 0 Å². The molecule has 1 aliphatic rings. The van der Waals surface area contributed by atoms with Crippen LogP contribution in [0.4, 0.5) is 0 Å². The van der Waals surface area contributed by atoms with Gasteiger partial charge in [-0.2, -0.15) is 0 Å². The Bertz CT molecular complexity index is 442. The summed E-state index contributed by atoms with van der Waals surface area (Å²) in [5.41, 5.74) is 1.22. The minimum atomic E-state index is 0.00403. The van der Waals surface area contributed by atoms with Gasteiger partial charge in [0.15, 0.2) is 0 Å². The standard InChI is InChI=1S/C17H30N2OS/c1-6-7-14-10-17(8-9-20-14,19-13(4)5)16-18-15(11-21-16)12(2)3/h11-14,19H,6-10H2,1-5H3. The van der Waals surface area contributed by atoms with Crippen molar-refractivity contribution in [2.75, 3.05) is 6.61 Å². The van der Waals surface area contributed by atoms with Gasteiger partial charge in [-0.3, -0.25) is 0 Å². The summed E-state index contributed by atoms with van der Waals surface area (Å²) >= 11 is 1.82. The van der Waals surface area contributed by atoms with Crippen LogP contribution in [0.1, 0.15) is 76.9 Å². The smallest absolute Gasteiger partial charge is 0.113 e. The van der Waals surface area contributed by atoms with Crippen molar-refractivity contribution >= 4 is 11.3 Å². The predicted molar refractivity (Wildman–Crippen MR) is 90.0 cm³/mol. The van der Waals surface area contributed by atoms with Gasteiger partial charge in [-0.25, -0.2) is 4.98 Å². The number of nitrogens with zero attached hydrogens (tertiary/aromatic N) is 1. The molecule has 0 aliphatic carbocycles. The Balaban J connectivity index is 2.27. The first kappa shape index (κ1) is 16.9. The highest BCUT2D eigenvalue weighted by molar-refractivity contribution is 7.09. The lowest BCUT2D eigenvalue weighted by Gasteiger charge is -2.41. The number of hydrogen-bond acceptors (Lipinski definition) is 4. The largest absolute Gasteiger partial charge is 0.378 e. The van der Waals surface area contributed by atoms with Gasteiger partial charge in [-0.1, -0.05) is 27.2 Å². The lowest BCUT2D eigenvalue weighted by molar-refractivity contribution is -0.0371. The molecule has 0 bridgehead atoms. The van der Waals surface area contributed by atoms with Crippen LogP contribution in [0.15, 0.2) is 5.38 Å². The third kappa shape index (κ3) is 4.05. The molecule has 1 N–H and O–H groups in total. The number of thiazole rings is 1. The lowest BCUT2D eigenvalue weighted by Crippen LogP contribution is -2.51. The summed E-state index contributed by atoms with van der Waals surface area (Å²) in [4.78, 5) is 4.95. The van der Waals surface area contributed by atoms with Gasteiger partial charge in [0, 0.05) is 18.0 Å². The molecule has 0 amide bonds. The Kier molecular flexibility index (Phi) is 5.81. The van der Waals surface area contributed by atoms with Crippen LogP contribution in [-0.4, -0.2) is 23.7 Å². The third-order valence-electron chi connectivity index (χ3n) is 4.16. The Morgan fingerprint density at radius 2 is 2.19 bits per heavy atom. The molecule has 0 aromatic carbocycles. The first-order valence-corrected chi connectivity index (χ1v) is 9.20. The summed E-state index contributed by atoms with van der Waals surface area (Å²) in [6.45, 7) is 11.9. The van der Waals surface area contributed by atoms with Crippen molar-refractivity contribution in [2.24, 2.45) is 0 Å². The minimum absolute atomic E-state index is 0.00403. The van der Waals surface area contributed by atoms with E-state index in [1.807, 2.05) is 11.3 Å². The number of rotatable bonds is 6. The maximum atomic E-state index is 5.97. The number of aromatic nitrogens is 1. The first-order chi connectivity index (χ1) is 9.97. The molecule has 1 aromatic heterocycles. The molecule has 120 valence electrons. The summed E-state index contributed by atoms with van der Waals surface area (Å²) in [7, 11) is 0. The van der Waals surface area contributed by atoms with E-state index < -0.39 is 0 Å². The second-order valence-corrected chi connectivity index (χ2v) is 7.71. The van der Waals surface area contributed by atoms with E-state index in [4.69, 9.17) is 9.72 Å². The molecular formula is C17H30N2OS. The van der Waals surface area contributed by atoms with E-state index >= 15 is 0 Å². The Hall–Kier alpha value is -0.450. The fraction of sp³-hybridized carbons (Fsp3) is 0.824. The van der Waals surface area contributed by atoms with E-state index in [-0.39, 0.29) is 5.54 Å². The summed E-state index contributed by atoms with van der Waals surface area (Å²) in [5.74, 6) is 0.498. The van der Waals surface area contributed by atoms with Gasteiger partial charge in [0.1, 0.15) is 5.01 Å². The molecular weight excluding hydrogens is 280 g/mol. The summed E-state index contributed by atoms with van der Waals surface area (Å²) in [6.07, 6.45) is 4.75. The number of nitrogens with one attached hydrogen (secondary N) is 1. The second kappa shape index (κ2) is 7.21. The van der Waals surface area contributed by atoms with Gasteiger partial charge >= 0.3 is 0 Å². The van der Waals surface area contributed by atoms with E-state index in [1.165, 1.54) is 17.1 Å². The average Bonchev–Trinajstić information content (AvgIpc) is 2.89. The zero-order valence-corrected chi connectivity index (χ0v) is 14.9. The van der Waals surface area contributed by atoms with Gasteiger partial charge in [-0.05, 0) is 39.0 Å². The summed E-state index contributed by atoms with van der Waals surface area (Å²) < 4.78 is 5.97. The molecule has 1 saturated heterocycles. The van der Waals surface area contributed by atoms with Crippen LogP contribution in [0, 0.1) is 0 Å². The van der Waals surface area contributed by atoms with Crippen LogP contribution < -0.4 is 5.32 Å². The zero-order valence-electron chi connectivity index (χ0n) is 14.1. The van der Waals surface area contributed by atoms with Gasteiger partial charge in [0.25, 0.3) is 0 Å². The van der Waals surface area contributed by atoms with Crippen LogP contribution in [0.25, 0.3) is 0 Å². The van der Waals surface area contributed by atoms with Crippen LogP contribution in [-0.2, 0) is 10.3 Å². The lowest BCUT2D eigenvalue weighted by atomic mass is 9.85. The van der Waals surface area contributed by atoms with Crippen LogP contribution in [0.2, 0.25) is 0 Å². The molecule has 0 spiro atoms. The number of hydrogen-bond donors (Lipinski definition) is 1. The Morgan fingerprint density at radius 1 is 1.43 bits per heavy atom. The second-order valence-electron chi connectivity index (χ2n) is 6.85. The van der Waals surface area contributed by atoms with Crippen molar-refractivity contribution in [1.29, 1.82) is 0 Å². The summed E-state index contributed by atoms with van der Waals surface area (Å²) in [6, 6.07) is 0.455. The highest BCUT2D eigenvalue weighted by Crippen LogP contribution is 2.38. The molecule has 2 unspecified atom stereocenters. The maximum Gasteiger partial charge on any atom is 0.113 e. The van der Waals surface area contributed by atoms with E-state index in [0.717, 1.165) is 25.9 Å². The molecule has 21 heavy (non-hydrogen) atoms. The first-order valence-electron chi connectivity index (χ1n) is 8.32. The molecule has 2 heterocycles. The zero-order chi connectivity index (χ0) is 15.5. The van der Waals surface area contributed by atoms with Crippen molar-refractivity contribution < 1.29 is 4.74 Å². The fourth-order valence-electron chi connectivity index (χ4n) is 3.17. The van der Waals surface area contributed by atoms with Crippen molar-refractivity contribution in [2.45, 2.75) is 83.9 Å². The van der Waals surface area contributed by atoms with Crippen molar-refractivity contribution in [3.63, 3.8) is 0 Å². The van der Waals surface area contributed by atoms with Gasteiger partial charge in [-0.15, -0.1) is 11.3 Å². The molecule has 1 fully saturated rings. The predicted octanol–water partition coefficient (Wildman–Crippen LogP) is 4.44. The SMILES string of the molecule is CCCC1CC(NC(C)C)(c2nc(C(C)C)cs2)CCO1. The van der Waals surface area contributed by atoms with Crippen molar-refractivity contribution in [3.05, 3.63) is 16.1 Å². The molecule has 1 aliphatic heterocycles. The van der Waals surface area contributed by atoms with E-state index in [2.05, 4.69) is 45.3 Å².